The normalized spacial score (nSPS) is 15.6. The third-order valence-electron chi connectivity index (χ3n) is 3.10. The van der Waals surface area contributed by atoms with Crippen LogP contribution >= 0.6 is 0 Å². The highest BCUT2D eigenvalue weighted by Gasteiger charge is 2.30. The first-order valence-electron chi connectivity index (χ1n) is 6.20. The van der Waals surface area contributed by atoms with E-state index in [0.29, 0.717) is 6.42 Å². The topological polar surface area (TPSA) is 35.2 Å². The fourth-order valence-electron chi connectivity index (χ4n) is 2.16. The first-order chi connectivity index (χ1) is 8.75. The van der Waals surface area contributed by atoms with E-state index < -0.39 is 11.7 Å². The predicted octanol–water partition coefficient (Wildman–Crippen LogP) is 3.25. The molecular formula is C14H20F3NO. The van der Waals surface area contributed by atoms with Gasteiger partial charge in [-0.05, 0) is 30.0 Å². The van der Waals surface area contributed by atoms with E-state index in [1.54, 1.807) is 7.11 Å². The van der Waals surface area contributed by atoms with Crippen molar-refractivity contribution >= 4 is 0 Å². The molecule has 0 saturated heterocycles. The van der Waals surface area contributed by atoms with E-state index in [4.69, 9.17) is 10.5 Å². The van der Waals surface area contributed by atoms with Gasteiger partial charge in [0, 0.05) is 13.2 Å². The zero-order chi connectivity index (χ0) is 14.6. The first-order valence-corrected chi connectivity index (χ1v) is 6.20. The van der Waals surface area contributed by atoms with Crippen LogP contribution in [0.4, 0.5) is 13.2 Å². The van der Waals surface area contributed by atoms with Crippen LogP contribution in [0.1, 0.15) is 25.0 Å². The summed E-state index contributed by atoms with van der Waals surface area (Å²) in [7, 11) is 1.59. The van der Waals surface area contributed by atoms with Crippen molar-refractivity contribution < 1.29 is 17.9 Å². The molecule has 0 amide bonds. The smallest absolute Gasteiger partial charge is 0.380 e. The maximum absolute atomic E-state index is 12.4. The summed E-state index contributed by atoms with van der Waals surface area (Å²) < 4.78 is 42.6. The average Bonchev–Trinajstić information content (AvgIpc) is 2.28. The number of halogens is 3. The van der Waals surface area contributed by atoms with Crippen molar-refractivity contribution in [3.8, 4) is 0 Å². The van der Waals surface area contributed by atoms with Crippen LogP contribution in [0, 0.1) is 5.92 Å². The van der Waals surface area contributed by atoms with Gasteiger partial charge in [0.1, 0.15) is 0 Å². The molecule has 2 nitrogen and oxygen atoms in total. The van der Waals surface area contributed by atoms with Crippen LogP contribution in [0.2, 0.25) is 0 Å². The standard InChI is InChI=1S/C14H20F3NO/c1-9(2)13(19-3)12(18)8-10-4-6-11(7-5-10)14(15,16)17/h4-7,9,12-13H,8,18H2,1-3H3. The highest BCUT2D eigenvalue weighted by molar-refractivity contribution is 5.25. The van der Waals surface area contributed by atoms with E-state index in [0.717, 1.165) is 17.7 Å². The monoisotopic (exact) mass is 275 g/mol. The second-order valence-corrected chi connectivity index (χ2v) is 5.01. The van der Waals surface area contributed by atoms with Gasteiger partial charge in [-0.2, -0.15) is 13.2 Å². The molecule has 19 heavy (non-hydrogen) atoms. The fourth-order valence-corrected chi connectivity index (χ4v) is 2.16. The Balaban J connectivity index is 2.73. The maximum Gasteiger partial charge on any atom is 0.416 e. The Bertz CT molecular complexity index is 387. The largest absolute Gasteiger partial charge is 0.416 e. The lowest BCUT2D eigenvalue weighted by Gasteiger charge is -2.26. The average molecular weight is 275 g/mol. The zero-order valence-corrected chi connectivity index (χ0v) is 11.4. The molecule has 1 aromatic carbocycles. The molecule has 0 bridgehead atoms. The molecule has 0 aliphatic rings. The molecular weight excluding hydrogens is 255 g/mol. The Labute approximate surface area is 111 Å². The predicted molar refractivity (Wildman–Crippen MR) is 68.8 cm³/mol. The van der Waals surface area contributed by atoms with E-state index in [2.05, 4.69) is 0 Å². The molecule has 0 heterocycles. The third-order valence-corrected chi connectivity index (χ3v) is 3.10. The number of alkyl halides is 3. The Kier molecular flexibility index (Phi) is 5.38. The highest BCUT2D eigenvalue weighted by atomic mass is 19.4. The first kappa shape index (κ1) is 16.0. The lowest BCUT2D eigenvalue weighted by atomic mass is 9.94. The molecule has 0 aromatic heterocycles. The Morgan fingerprint density at radius 1 is 1.16 bits per heavy atom. The summed E-state index contributed by atoms with van der Waals surface area (Å²) >= 11 is 0. The van der Waals surface area contributed by atoms with Gasteiger partial charge in [-0.25, -0.2) is 0 Å². The number of benzene rings is 1. The number of hydrogen-bond acceptors (Lipinski definition) is 2. The molecule has 0 aliphatic heterocycles. The van der Waals surface area contributed by atoms with E-state index in [1.807, 2.05) is 13.8 Å². The van der Waals surface area contributed by atoms with E-state index in [1.165, 1.54) is 12.1 Å². The second kappa shape index (κ2) is 6.39. The molecule has 0 saturated carbocycles. The fraction of sp³-hybridized carbons (Fsp3) is 0.571. The van der Waals surface area contributed by atoms with Crippen LogP contribution in [-0.2, 0) is 17.3 Å². The molecule has 2 atom stereocenters. The number of nitrogens with two attached hydrogens (primary N) is 1. The van der Waals surface area contributed by atoms with Crippen LogP contribution < -0.4 is 5.73 Å². The molecule has 0 radical (unpaired) electrons. The van der Waals surface area contributed by atoms with Gasteiger partial charge >= 0.3 is 6.18 Å². The minimum absolute atomic E-state index is 0.109. The third kappa shape index (κ3) is 4.51. The lowest BCUT2D eigenvalue weighted by molar-refractivity contribution is -0.137. The summed E-state index contributed by atoms with van der Waals surface area (Å²) in [5.41, 5.74) is 6.18. The van der Waals surface area contributed by atoms with Crippen LogP contribution in [0.3, 0.4) is 0 Å². The zero-order valence-electron chi connectivity index (χ0n) is 11.4. The summed E-state index contributed by atoms with van der Waals surface area (Å²) in [6.45, 7) is 4.00. The van der Waals surface area contributed by atoms with Gasteiger partial charge in [-0.3, -0.25) is 0 Å². The Hall–Kier alpha value is -1.07. The van der Waals surface area contributed by atoms with Crippen molar-refractivity contribution in [1.82, 2.24) is 0 Å². The molecule has 2 N–H and O–H groups in total. The summed E-state index contributed by atoms with van der Waals surface area (Å²) in [5.74, 6) is 0.259. The van der Waals surface area contributed by atoms with Gasteiger partial charge in [0.2, 0.25) is 0 Å². The van der Waals surface area contributed by atoms with Crippen molar-refractivity contribution in [2.24, 2.45) is 11.7 Å². The lowest BCUT2D eigenvalue weighted by Crippen LogP contribution is -2.41. The highest BCUT2D eigenvalue weighted by Crippen LogP contribution is 2.29. The Morgan fingerprint density at radius 3 is 2.05 bits per heavy atom. The summed E-state index contributed by atoms with van der Waals surface area (Å²) in [4.78, 5) is 0. The molecule has 0 fully saturated rings. The molecule has 1 aromatic rings. The van der Waals surface area contributed by atoms with Gasteiger partial charge in [0.05, 0.1) is 11.7 Å². The summed E-state index contributed by atoms with van der Waals surface area (Å²) in [6, 6.07) is 4.87. The summed E-state index contributed by atoms with van der Waals surface area (Å²) in [5, 5.41) is 0. The van der Waals surface area contributed by atoms with Crippen molar-refractivity contribution in [2.45, 2.75) is 38.6 Å². The number of ether oxygens (including phenoxy) is 1. The van der Waals surface area contributed by atoms with Crippen molar-refractivity contribution in [2.75, 3.05) is 7.11 Å². The van der Waals surface area contributed by atoms with Crippen molar-refractivity contribution in [3.63, 3.8) is 0 Å². The SMILES string of the molecule is COC(C(C)C)C(N)Cc1ccc(C(F)(F)F)cc1. The van der Waals surface area contributed by atoms with Crippen LogP contribution in [0.5, 0.6) is 0 Å². The van der Waals surface area contributed by atoms with Gasteiger partial charge in [-0.15, -0.1) is 0 Å². The van der Waals surface area contributed by atoms with E-state index >= 15 is 0 Å². The van der Waals surface area contributed by atoms with Gasteiger partial charge in [-0.1, -0.05) is 26.0 Å². The Morgan fingerprint density at radius 2 is 1.68 bits per heavy atom. The quantitative estimate of drug-likeness (QED) is 0.895. The van der Waals surface area contributed by atoms with Crippen LogP contribution in [-0.4, -0.2) is 19.3 Å². The molecule has 0 spiro atoms. The maximum atomic E-state index is 12.4. The molecule has 1 rings (SSSR count). The second-order valence-electron chi connectivity index (χ2n) is 5.01. The molecule has 108 valence electrons. The van der Waals surface area contributed by atoms with Crippen molar-refractivity contribution in [3.05, 3.63) is 35.4 Å². The molecule has 0 aliphatic carbocycles. The minimum Gasteiger partial charge on any atom is -0.380 e. The van der Waals surface area contributed by atoms with Crippen molar-refractivity contribution in [1.29, 1.82) is 0 Å². The number of hydrogen-bond donors (Lipinski definition) is 1. The van der Waals surface area contributed by atoms with E-state index in [-0.39, 0.29) is 18.1 Å². The number of rotatable bonds is 5. The van der Waals surface area contributed by atoms with Gasteiger partial charge < -0.3 is 10.5 Å². The van der Waals surface area contributed by atoms with Crippen LogP contribution in [0.15, 0.2) is 24.3 Å². The number of methoxy groups -OCH3 is 1. The molecule has 5 heteroatoms. The minimum atomic E-state index is -4.30. The van der Waals surface area contributed by atoms with E-state index in [9.17, 15) is 13.2 Å². The molecule has 2 unspecified atom stereocenters. The van der Waals surface area contributed by atoms with Gasteiger partial charge in [0.25, 0.3) is 0 Å². The van der Waals surface area contributed by atoms with Gasteiger partial charge in [0.15, 0.2) is 0 Å². The summed E-state index contributed by atoms with van der Waals surface area (Å²) in [6.07, 6.45) is -3.91. The van der Waals surface area contributed by atoms with Crippen LogP contribution in [0.25, 0.3) is 0 Å².